The van der Waals surface area contributed by atoms with Gasteiger partial charge in [0.15, 0.2) is 0 Å². The summed E-state index contributed by atoms with van der Waals surface area (Å²) in [6.07, 6.45) is -0.0296. The molecule has 1 aliphatic carbocycles. The second kappa shape index (κ2) is 4.37. The van der Waals surface area contributed by atoms with Gasteiger partial charge in [0.25, 0.3) is 0 Å². The lowest BCUT2D eigenvalue weighted by molar-refractivity contribution is -0.490. The summed E-state index contributed by atoms with van der Waals surface area (Å²) in [6.45, 7) is 1.44. The number of hydrogen-bond donors (Lipinski definition) is 1. The monoisotopic (exact) mass is 215 g/mol. The van der Waals surface area contributed by atoms with E-state index in [-0.39, 0.29) is 31.1 Å². The molecule has 0 aromatic rings. The van der Waals surface area contributed by atoms with E-state index in [1.807, 2.05) is 0 Å². The molecule has 3 atom stereocenters. The van der Waals surface area contributed by atoms with Crippen molar-refractivity contribution in [2.24, 2.45) is 17.8 Å². The number of carboxylic acid groups (broad SMARTS) is 1. The number of Topliss-reactive ketones (excluding diaryl/α,β-unsaturated/α-hetero) is 1. The summed E-state index contributed by atoms with van der Waals surface area (Å²) in [4.78, 5) is 31.9. The highest BCUT2D eigenvalue weighted by atomic mass is 16.6. The van der Waals surface area contributed by atoms with Crippen molar-refractivity contribution < 1.29 is 19.6 Å². The molecule has 0 spiro atoms. The Labute approximate surface area is 86.4 Å². The number of carboxylic acids is 1. The third-order valence-corrected chi connectivity index (χ3v) is 2.94. The van der Waals surface area contributed by atoms with Gasteiger partial charge >= 0.3 is 5.97 Å². The van der Waals surface area contributed by atoms with Crippen LogP contribution < -0.4 is 0 Å². The Morgan fingerprint density at radius 1 is 1.67 bits per heavy atom. The predicted octanol–water partition coefficient (Wildman–Crippen LogP) is 0.579. The van der Waals surface area contributed by atoms with E-state index in [0.717, 1.165) is 0 Å². The van der Waals surface area contributed by atoms with Gasteiger partial charge in [-0.2, -0.15) is 0 Å². The summed E-state index contributed by atoms with van der Waals surface area (Å²) in [5, 5.41) is 19.0. The first-order chi connectivity index (χ1) is 6.91. The molecular formula is C9H13NO5. The van der Waals surface area contributed by atoms with Gasteiger partial charge in [0.1, 0.15) is 5.78 Å². The van der Waals surface area contributed by atoms with Crippen LogP contribution in [-0.4, -0.2) is 28.3 Å². The first-order valence-electron chi connectivity index (χ1n) is 4.78. The smallest absolute Gasteiger partial charge is 0.304 e. The fourth-order valence-corrected chi connectivity index (χ4v) is 2.19. The number of ketones is 1. The molecule has 0 radical (unpaired) electrons. The van der Waals surface area contributed by atoms with Crippen LogP contribution >= 0.6 is 0 Å². The maximum atomic E-state index is 11.4. The molecule has 15 heavy (non-hydrogen) atoms. The second-order valence-electron chi connectivity index (χ2n) is 4.03. The number of carbonyl (C=O) groups excluding carboxylic acids is 1. The van der Waals surface area contributed by atoms with Gasteiger partial charge in [0.2, 0.25) is 6.54 Å². The number of hydrogen-bond acceptors (Lipinski definition) is 4. The molecule has 6 nitrogen and oxygen atoms in total. The molecule has 1 fully saturated rings. The van der Waals surface area contributed by atoms with Gasteiger partial charge in [-0.05, 0) is 5.92 Å². The van der Waals surface area contributed by atoms with Gasteiger partial charge < -0.3 is 5.11 Å². The quantitative estimate of drug-likeness (QED) is 0.546. The second-order valence-corrected chi connectivity index (χ2v) is 4.03. The van der Waals surface area contributed by atoms with Crippen LogP contribution in [0, 0.1) is 27.9 Å². The van der Waals surface area contributed by atoms with Crippen LogP contribution in [0.4, 0.5) is 0 Å². The van der Waals surface area contributed by atoms with Gasteiger partial charge in [-0.3, -0.25) is 19.7 Å². The number of nitrogens with zero attached hydrogens (tertiary/aromatic N) is 1. The van der Waals surface area contributed by atoms with E-state index in [2.05, 4.69) is 0 Å². The SMILES string of the molecule is C[C@@H]1CC(=O)[C@@H](CC(=O)O)[C@@H]1C[N+](=O)[O-]. The molecule has 0 aromatic heterocycles. The topological polar surface area (TPSA) is 97.5 Å². The van der Waals surface area contributed by atoms with Gasteiger partial charge in [0.05, 0.1) is 6.42 Å². The molecule has 6 heteroatoms. The molecule has 0 amide bonds. The van der Waals surface area contributed by atoms with Crippen LogP contribution in [0.2, 0.25) is 0 Å². The first kappa shape index (κ1) is 11.6. The van der Waals surface area contributed by atoms with E-state index < -0.39 is 22.7 Å². The molecule has 0 unspecified atom stereocenters. The standard InChI is InChI=1S/C9H13NO5/c1-5-2-8(11)6(3-9(12)13)7(5)4-10(14)15/h5-7H,2-4H2,1H3,(H,12,13)/t5-,6+,7-/m1/s1. The minimum absolute atomic E-state index is 0.0905. The summed E-state index contributed by atoms with van der Waals surface area (Å²) in [5.74, 6) is -2.42. The molecule has 0 bridgehead atoms. The Morgan fingerprint density at radius 2 is 2.27 bits per heavy atom. The normalized spacial score (nSPS) is 30.5. The van der Waals surface area contributed by atoms with Gasteiger partial charge in [-0.1, -0.05) is 6.92 Å². The van der Waals surface area contributed by atoms with E-state index in [9.17, 15) is 19.7 Å². The highest BCUT2D eigenvalue weighted by Crippen LogP contribution is 2.36. The molecule has 1 rings (SSSR count). The largest absolute Gasteiger partial charge is 0.481 e. The zero-order valence-electron chi connectivity index (χ0n) is 8.38. The van der Waals surface area contributed by atoms with E-state index in [1.165, 1.54) is 0 Å². The Bertz CT molecular complexity index is 301. The Kier molecular flexibility index (Phi) is 3.39. The Morgan fingerprint density at radius 3 is 2.73 bits per heavy atom. The third-order valence-electron chi connectivity index (χ3n) is 2.94. The summed E-state index contributed by atoms with van der Waals surface area (Å²) in [5.41, 5.74) is 0. The van der Waals surface area contributed by atoms with Crippen LogP contribution in [0.15, 0.2) is 0 Å². The highest BCUT2D eigenvalue weighted by Gasteiger charge is 2.43. The zero-order valence-corrected chi connectivity index (χ0v) is 8.38. The maximum absolute atomic E-state index is 11.4. The fraction of sp³-hybridized carbons (Fsp3) is 0.778. The van der Waals surface area contributed by atoms with Crippen molar-refractivity contribution in [2.45, 2.75) is 19.8 Å². The third kappa shape index (κ3) is 2.74. The maximum Gasteiger partial charge on any atom is 0.304 e. The minimum atomic E-state index is -1.07. The van der Waals surface area contributed by atoms with E-state index in [0.29, 0.717) is 0 Å². The molecular weight excluding hydrogens is 202 g/mol. The van der Waals surface area contributed by atoms with Gasteiger partial charge in [-0.15, -0.1) is 0 Å². The van der Waals surface area contributed by atoms with Crippen molar-refractivity contribution in [3.8, 4) is 0 Å². The lowest BCUT2D eigenvalue weighted by atomic mass is 9.88. The van der Waals surface area contributed by atoms with Crippen molar-refractivity contribution >= 4 is 11.8 Å². The molecule has 0 saturated heterocycles. The molecule has 84 valence electrons. The molecule has 0 aromatic carbocycles. The van der Waals surface area contributed by atoms with Crippen molar-refractivity contribution in [2.75, 3.05) is 6.54 Å². The van der Waals surface area contributed by atoms with Crippen LogP contribution in [0.5, 0.6) is 0 Å². The van der Waals surface area contributed by atoms with Crippen molar-refractivity contribution in [1.82, 2.24) is 0 Å². The summed E-state index contributed by atoms with van der Waals surface area (Å²) < 4.78 is 0. The molecule has 0 heterocycles. The van der Waals surface area contributed by atoms with Gasteiger partial charge in [-0.25, -0.2) is 0 Å². The lowest BCUT2D eigenvalue weighted by Gasteiger charge is -2.15. The molecule has 1 aliphatic rings. The Balaban J connectivity index is 2.75. The average molecular weight is 215 g/mol. The highest BCUT2D eigenvalue weighted by molar-refractivity contribution is 5.87. The number of nitro groups is 1. The number of carbonyl (C=O) groups is 2. The first-order valence-corrected chi connectivity index (χ1v) is 4.78. The van der Waals surface area contributed by atoms with Crippen molar-refractivity contribution in [1.29, 1.82) is 0 Å². The van der Waals surface area contributed by atoms with Crippen molar-refractivity contribution in [3.05, 3.63) is 10.1 Å². The van der Waals surface area contributed by atoms with Crippen molar-refractivity contribution in [3.63, 3.8) is 0 Å². The lowest BCUT2D eigenvalue weighted by Crippen LogP contribution is -2.26. The summed E-state index contributed by atoms with van der Waals surface area (Å²) in [6, 6.07) is 0. The summed E-state index contributed by atoms with van der Waals surface area (Å²) in [7, 11) is 0. The predicted molar refractivity (Wildman–Crippen MR) is 49.9 cm³/mol. The number of rotatable bonds is 4. The van der Waals surface area contributed by atoms with Crippen LogP contribution in [-0.2, 0) is 9.59 Å². The average Bonchev–Trinajstić information content (AvgIpc) is 2.30. The van der Waals surface area contributed by atoms with Crippen LogP contribution in [0.3, 0.4) is 0 Å². The van der Waals surface area contributed by atoms with Crippen LogP contribution in [0.25, 0.3) is 0 Å². The van der Waals surface area contributed by atoms with E-state index in [1.54, 1.807) is 6.92 Å². The fourth-order valence-electron chi connectivity index (χ4n) is 2.19. The zero-order chi connectivity index (χ0) is 11.6. The minimum Gasteiger partial charge on any atom is -0.481 e. The van der Waals surface area contributed by atoms with E-state index in [4.69, 9.17) is 5.11 Å². The molecule has 0 aliphatic heterocycles. The van der Waals surface area contributed by atoms with Crippen LogP contribution in [0.1, 0.15) is 19.8 Å². The molecule has 1 N–H and O–H groups in total. The van der Waals surface area contributed by atoms with Gasteiger partial charge in [0, 0.05) is 23.2 Å². The number of aliphatic carboxylic acids is 1. The molecule has 1 saturated carbocycles. The Hall–Kier alpha value is -1.46. The summed E-state index contributed by atoms with van der Waals surface area (Å²) >= 11 is 0. The van der Waals surface area contributed by atoms with E-state index >= 15 is 0 Å².